The second-order valence-electron chi connectivity index (χ2n) is 8.48. The number of nitrogens with one attached hydrogen (secondary N) is 1. The molecule has 0 saturated heterocycles. The third-order valence-electron chi connectivity index (χ3n) is 6.18. The molecule has 6 heteroatoms. The second kappa shape index (κ2) is 10.3. The largest absolute Gasteiger partial charge is 0.479 e. The lowest BCUT2D eigenvalue weighted by atomic mass is 9.95. The molecule has 0 aliphatic heterocycles. The van der Waals surface area contributed by atoms with Gasteiger partial charge < -0.3 is 15.0 Å². The summed E-state index contributed by atoms with van der Waals surface area (Å²) >= 11 is 0. The number of aryl methyl sites for hydroxylation is 1. The molecule has 33 heavy (non-hydrogen) atoms. The standard InChI is InChI=1S/C27H28N2O4/c30-25(28-24(27(32)33)20-13-8-4-9-14-20)22-17-21-15-7-1-2-10-16-23(21)29(26(22)31)18-19-11-5-3-6-12-19/h3-6,8-9,11-14,17,24H,1-2,7,10,15-16,18H2,(H,28,30)(H,32,33). The number of aromatic nitrogens is 1. The molecule has 1 aliphatic rings. The van der Waals surface area contributed by atoms with Crippen LogP contribution in [0, 0.1) is 0 Å². The highest BCUT2D eigenvalue weighted by atomic mass is 16.4. The number of carboxylic acid groups (broad SMARTS) is 1. The van der Waals surface area contributed by atoms with E-state index in [1.807, 2.05) is 30.3 Å². The Morgan fingerprint density at radius 2 is 1.55 bits per heavy atom. The second-order valence-corrected chi connectivity index (χ2v) is 8.48. The SMILES string of the molecule is O=C(NC(C(=O)O)c1ccccc1)c1cc2c(n(Cc3ccccc3)c1=O)CCCCCC2. The van der Waals surface area contributed by atoms with Gasteiger partial charge >= 0.3 is 5.97 Å². The van der Waals surface area contributed by atoms with Crippen molar-refractivity contribution in [3.8, 4) is 0 Å². The van der Waals surface area contributed by atoms with E-state index >= 15 is 0 Å². The Morgan fingerprint density at radius 1 is 0.909 bits per heavy atom. The lowest BCUT2D eigenvalue weighted by Crippen LogP contribution is -2.39. The van der Waals surface area contributed by atoms with Crippen molar-refractivity contribution in [3.05, 3.63) is 105 Å². The smallest absolute Gasteiger partial charge is 0.330 e. The van der Waals surface area contributed by atoms with Gasteiger partial charge in [-0.1, -0.05) is 73.5 Å². The van der Waals surface area contributed by atoms with Gasteiger partial charge in [-0.25, -0.2) is 4.79 Å². The van der Waals surface area contributed by atoms with Crippen molar-refractivity contribution in [2.45, 2.75) is 51.1 Å². The van der Waals surface area contributed by atoms with Crippen molar-refractivity contribution in [1.29, 1.82) is 0 Å². The number of nitrogens with zero attached hydrogens (tertiary/aromatic N) is 1. The zero-order valence-electron chi connectivity index (χ0n) is 18.5. The van der Waals surface area contributed by atoms with E-state index in [1.54, 1.807) is 41.0 Å². The highest BCUT2D eigenvalue weighted by molar-refractivity contribution is 5.96. The maximum Gasteiger partial charge on any atom is 0.330 e. The van der Waals surface area contributed by atoms with E-state index in [0.717, 1.165) is 55.3 Å². The zero-order chi connectivity index (χ0) is 23.2. The Kier molecular flexibility index (Phi) is 7.03. The molecule has 2 aromatic carbocycles. The molecule has 1 heterocycles. The van der Waals surface area contributed by atoms with E-state index in [-0.39, 0.29) is 11.1 Å². The number of benzene rings is 2. The fourth-order valence-electron chi connectivity index (χ4n) is 4.47. The summed E-state index contributed by atoms with van der Waals surface area (Å²) in [6.45, 7) is 0.379. The van der Waals surface area contributed by atoms with Gasteiger partial charge in [-0.05, 0) is 48.4 Å². The summed E-state index contributed by atoms with van der Waals surface area (Å²) < 4.78 is 1.71. The first-order valence-electron chi connectivity index (χ1n) is 11.4. The molecule has 4 rings (SSSR count). The lowest BCUT2D eigenvalue weighted by Gasteiger charge is -2.22. The van der Waals surface area contributed by atoms with E-state index in [1.165, 1.54) is 0 Å². The Balaban J connectivity index is 1.75. The van der Waals surface area contributed by atoms with E-state index < -0.39 is 17.9 Å². The van der Waals surface area contributed by atoms with Crippen LogP contribution in [0.4, 0.5) is 0 Å². The van der Waals surface area contributed by atoms with E-state index in [4.69, 9.17) is 0 Å². The van der Waals surface area contributed by atoms with Crippen LogP contribution in [0.25, 0.3) is 0 Å². The van der Waals surface area contributed by atoms with Gasteiger partial charge in [0, 0.05) is 5.69 Å². The lowest BCUT2D eigenvalue weighted by molar-refractivity contribution is -0.139. The maximum absolute atomic E-state index is 13.5. The quantitative estimate of drug-likeness (QED) is 0.599. The fourth-order valence-corrected chi connectivity index (χ4v) is 4.47. The first kappa shape index (κ1) is 22.5. The molecule has 0 saturated carbocycles. The van der Waals surface area contributed by atoms with Crippen LogP contribution in [0.2, 0.25) is 0 Å². The Bertz CT molecular complexity index is 1190. The van der Waals surface area contributed by atoms with Gasteiger partial charge in [0.05, 0.1) is 6.54 Å². The molecular formula is C27H28N2O4. The van der Waals surface area contributed by atoms with Crippen LogP contribution in [0.5, 0.6) is 0 Å². The van der Waals surface area contributed by atoms with Crippen LogP contribution in [0.15, 0.2) is 71.5 Å². The zero-order valence-corrected chi connectivity index (χ0v) is 18.5. The number of fused-ring (bicyclic) bond motifs is 1. The predicted octanol–water partition coefficient (Wildman–Crippen LogP) is 4.11. The molecule has 1 atom stereocenters. The molecule has 0 bridgehead atoms. The summed E-state index contributed by atoms with van der Waals surface area (Å²) in [7, 11) is 0. The van der Waals surface area contributed by atoms with Crippen molar-refractivity contribution in [2.24, 2.45) is 0 Å². The maximum atomic E-state index is 13.5. The van der Waals surface area contributed by atoms with Crippen LogP contribution in [0.3, 0.4) is 0 Å². The molecule has 0 radical (unpaired) electrons. The van der Waals surface area contributed by atoms with E-state index in [0.29, 0.717) is 12.1 Å². The van der Waals surface area contributed by atoms with Crippen molar-refractivity contribution < 1.29 is 14.7 Å². The van der Waals surface area contributed by atoms with Crippen molar-refractivity contribution in [1.82, 2.24) is 9.88 Å². The molecule has 1 amide bonds. The van der Waals surface area contributed by atoms with E-state index in [2.05, 4.69) is 5.32 Å². The van der Waals surface area contributed by atoms with Crippen LogP contribution < -0.4 is 10.9 Å². The minimum atomic E-state index is -1.23. The number of carbonyl (C=O) groups is 2. The summed E-state index contributed by atoms with van der Waals surface area (Å²) in [5.74, 6) is -1.84. The first-order chi connectivity index (χ1) is 16.0. The molecule has 3 aromatic rings. The van der Waals surface area contributed by atoms with Gasteiger partial charge in [0.15, 0.2) is 6.04 Å². The third kappa shape index (κ3) is 5.22. The van der Waals surface area contributed by atoms with Crippen molar-refractivity contribution >= 4 is 11.9 Å². The van der Waals surface area contributed by atoms with Gasteiger partial charge in [0.1, 0.15) is 5.56 Å². The third-order valence-corrected chi connectivity index (χ3v) is 6.18. The Labute approximate surface area is 192 Å². The molecule has 0 spiro atoms. The molecule has 1 unspecified atom stereocenters. The molecule has 1 aromatic heterocycles. The first-order valence-corrected chi connectivity index (χ1v) is 11.4. The van der Waals surface area contributed by atoms with Crippen LogP contribution in [-0.2, 0) is 24.2 Å². The predicted molar refractivity (Wildman–Crippen MR) is 126 cm³/mol. The van der Waals surface area contributed by atoms with E-state index in [9.17, 15) is 19.5 Å². The average molecular weight is 445 g/mol. The summed E-state index contributed by atoms with van der Waals surface area (Å²) in [6, 6.07) is 18.7. The average Bonchev–Trinajstić information content (AvgIpc) is 2.81. The number of rotatable bonds is 6. The summed E-state index contributed by atoms with van der Waals surface area (Å²) in [5.41, 5.74) is 3.03. The minimum absolute atomic E-state index is 0.00700. The number of hydrogen-bond acceptors (Lipinski definition) is 3. The monoisotopic (exact) mass is 444 g/mol. The normalized spacial score (nSPS) is 14.4. The molecule has 2 N–H and O–H groups in total. The van der Waals surface area contributed by atoms with Crippen molar-refractivity contribution in [2.75, 3.05) is 0 Å². The number of aliphatic carboxylic acids is 1. The van der Waals surface area contributed by atoms with Gasteiger partial charge in [-0.2, -0.15) is 0 Å². The molecule has 170 valence electrons. The van der Waals surface area contributed by atoms with Gasteiger partial charge in [-0.15, -0.1) is 0 Å². The number of carbonyl (C=O) groups excluding carboxylic acids is 1. The molecule has 1 aliphatic carbocycles. The Hall–Kier alpha value is -3.67. The van der Waals surface area contributed by atoms with Gasteiger partial charge in [-0.3, -0.25) is 9.59 Å². The molecule has 6 nitrogen and oxygen atoms in total. The summed E-state index contributed by atoms with van der Waals surface area (Å²) in [6.07, 6.45) is 5.83. The molecule has 0 fully saturated rings. The van der Waals surface area contributed by atoms with Gasteiger partial charge in [0.25, 0.3) is 11.5 Å². The van der Waals surface area contributed by atoms with Crippen LogP contribution >= 0.6 is 0 Å². The number of carboxylic acids is 1. The van der Waals surface area contributed by atoms with Crippen molar-refractivity contribution in [3.63, 3.8) is 0 Å². The highest BCUT2D eigenvalue weighted by Crippen LogP contribution is 2.22. The minimum Gasteiger partial charge on any atom is -0.479 e. The summed E-state index contributed by atoms with van der Waals surface area (Å²) in [5, 5.41) is 12.3. The number of hydrogen-bond donors (Lipinski definition) is 2. The fraction of sp³-hybridized carbons (Fsp3) is 0.296. The topological polar surface area (TPSA) is 88.4 Å². The highest BCUT2D eigenvalue weighted by Gasteiger charge is 2.26. The molecular weight excluding hydrogens is 416 g/mol. The summed E-state index contributed by atoms with van der Waals surface area (Å²) in [4.78, 5) is 38.6. The van der Waals surface area contributed by atoms with Gasteiger partial charge in [0.2, 0.25) is 0 Å². The number of pyridine rings is 1. The number of amides is 1. The van der Waals surface area contributed by atoms with Crippen LogP contribution in [-0.4, -0.2) is 21.6 Å². The Morgan fingerprint density at radius 3 is 2.21 bits per heavy atom. The van der Waals surface area contributed by atoms with Crippen LogP contribution in [0.1, 0.15) is 64.5 Å².